The van der Waals surface area contributed by atoms with E-state index in [1.807, 2.05) is 32.9 Å². The number of anilines is 1. The second-order valence-electron chi connectivity index (χ2n) is 5.31. The van der Waals surface area contributed by atoms with Gasteiger partial charge in [-0.3, -0.25) is 4.79 Å². The van der Waals surface area contributed by atoms with Crippen molar-refractivity contribution in [3.05, 3.63) is 36.7 Å². The van der Waals surface area contributed by atoms with Gasteiger partial charge in [0.25, 0.3) is 0 Å². The van der Waals surface area contributed by atoms with E-state index in [9.17, 15) is 4.79 Å². The van der Waals surface area contributed by atoms with Crippen molar-refractivity contribution in [2.24, 2.45) is 0 Å². The van der Waals surface area contributed by atoms with Gasteiger partial charge in [-0.2, -0.15) is 15.0 Å². The number of amides is 1. The van der Waals surface area contributed by atoms with E-state index in [-0.39, 0.29) is 18.1 Å². The molecule has 0 atom stereocenters. The van der Waals surface area contributed by atoms with Crippen LogP contribution in [0.15, 0.2) is 36.7 Å². The number of carbonyl (C=O) groups is 1. The maximum Gasteiger partial charge on any atom is 0.250 e. The lowest BCUT2D eigenvalue weighted by molar-refractivity contribution is -0.125. The minimum atomic E-state index is -0.326. The third kappa shape index (κ3) is 4.17. The SMILES string of the molecule is CC(C)(C)OCC(=O)Nc1ccc(-n2nccn2)cc1. The lowest BCUT2D eigenvalue weighted by Crippen LogP contribution is -2.27. The van der Waals surface area contributed by atoms with Crippen molar-refractivity contribution < 1.29 is 9.53 Å². The molecule has 1 aromatic heterocycles. The summed E-state index contributed by atoms with van der Waals surface area (Å²) in [6, 6.07) is 7.27. The highest BCUT2D eigenvalue weighted by atomic mass is 16.5. The molecule has 0 bridgehead atoms. The van der Waals surface area contributed by atoms with Crippen LogP contribution in [0, 0.1) is 0 Å². The Bertz CT molecular complexity index is 556. The monoisotopic (exact) mass is 274 g/mol. The van der Waals surface area contributed by atoms with Crippen LogP contribution in [0.4, 0.5) is 5.69 Å². The van der Waals surface area contributed by atoms with E-state index >= 15 is 0 Å². The Balaban J connectivity index is 1.92. The number of rotatable bonds is 4. The molecule has 1 N–H and O–H groups in total. The van der Waals surface area contributed by atoms with Crippen LogP contribution in [-0.4, -0.2) is 33.1 Å². The van der Waals surface area contributed by atoms with Crippen LogP contribution >= 0.6 is 0 Å². The molecular weight excluding hydrogens is 256 g/mol. The number of aromatic nitrogens is 3. The average Bonchev–Trinajstić information content (AvgIpc) is 2.90. The Labute approximate surface area is 117 Å². The molecule has 0 aliphatic rings. The third-order valence-corrected chi connectivity index (χ3v) is 2.44. The van der Waals surface area contributed by atoms with E-state index in [1.54, 1.807) is 24.5 Å². The molecule has 1 heterocycles. The van der Waals surface area contributed by atoms with Crippen LogP contribution in [0.25, 0.3) is 5.69 Å². The van der Waals surface area contributed by atoms with Gasteiger partial charge in [0.15, 0.2) is 0 Å². The molecule has 0 aliphatic carbocycles. The standard InChI is InChI=1S/C14H18N4O2/c1-14(2,3)20-10-13(19)17-11-4-6-12(7-5-11)18-15-8-9-16-18/h4-9H,10H2,1-3H3,(H,17,19). The molecule has 1 aromatic carbocycles. The van der Waals surface area contributed by atoms with Gasteiger partial charge in [-0.25, -0.2) is 0 Å². The maximum absolute atomic E-state index is 11.7. The first-order chi connectivity index (χ1) is 9.44. The van der Waals surface area contributed by atoms with Crippen molar-refractivity contribution in [2.75, 3.05) is 11.9 Å². The number of carbonyl (C=O) groups excluding carboxylic acids is 1. The average molecular weight is 274 g/mol. The summed E-state index contributed by atoms with van der Waals surface area (Å²) in [4.78, 5) is 13.2. The molecular formula is C14H18N4O2. The Hall–Kier alpha value is -2.21. The fraction of sp³-hybridized carbons (Fsp3) is 0.357. The van der Waals surface area contributed by atoms with Crippen LogP contribution in [0.1, 0.15) is 20.8 Å². The topological polar surface area (TPSA) is 69.0 Å². The highest BCUT2D eigenvalue weighted by molar-refractivity contribution is 5.91. The Kier molecular flexibility index (Phi) is 4.14. The van der Waals surface area contributed by atoms with Crippen LogP contribution < -0.4 is 5.32 Å². The largest absolute Gasteiger partial charge is 0.366 e. The molecule has 0 unspecified atom stereocenters. The molecule has 0 saturated heterocycles. The Morgan fingerprint density at radius 1 is 1.20 bits per heavy atom. The van der Waals surface area contributed by atoms with E-state index in [4.69, 9.17) is 4.74 Å². The zero-order chi connectivity index (χ0) is 14.6. The minimum Gasteiger partial charge on any atom is -0.366 e. The smallest absolute Gasteiger partial charge is 0.250 e. The van der Waals surface area contributed by atoms with Crippen LogP contribution in [0.5, 0.6) is 0 Å². The molecule has 0 radical (unpaired) electrons. The zero-order valence-corrected chi connectivity index (χ0v) is 11.8. The van der Waals surface area contributed by atoms with Gasteiger partial charge in [0.2, 0.25) is 5.91 Å². The van der Waals surface area contributed by atoms with Gasteiger partial charge >= 0.3 is 0 Å². The van der Waals surface area contributed by atoms with Crippen molar-refractivity contribution in [2.45, 2.75) is 26.4 Å². The first-order valence-electron chi connectivity index (χ1n) is 6.35. The van der Waals surface area contributed by atoms with Crippen molar-refractivity contribution in [1.82, 2.24) is 15.0 Å². The number of nitrogens with one attached hydrogen (secondary N) is 1. The van der Waals surface area contributed by atoms with Crippen molar-refractivity contribution in [3.63, 3.8) is 0 Å². The number of ether oxygens (including phenoxy) is 1. The summed E-state index contributed by atoms with van der Waals surface area (Å²) < 4.78 is 5.41. The van der Waals surface area contributed by atoms with Crippen molar-refractivity contribution in [3.8, 4) is 5.69 Å². The lowest BCUT2D eigenvalue weighted by Gasteiger charge is -2.19. The number of benzene rings is 1. The van der Waals surface area contributed by atoms with Gasteiger partial charge in [-0.15, -0.1) is 0 Å². The van der Waals surface area contributed by atoms with E-state index in [2.05, 4.69) is 15.5 Å². The van der Waals surface area contributed by atoms with E-state index in [0.717, 1.165) is 5.69 Å². The minimum absolute atomic E-state index is 0.0337. The first kappa shape index (κ1) is 14.2. The second-order valence-corrected chi connectivity index (χ2v) is 5.31. The Morgan fingerprint density at radius 3 is 2.35 bits per heavy atom. The number of hydrogen-bond acceptors (Lipinski definition) is 4. The van der Waals surface area contributed by atoms with Crippen molar-refractivity contribution in [1.29, 1.82) is 0 Å². The summed E-state index contributed by atoms with van der Waals surface area (Å²) in [5.74, 6) is -0.176. The number of hydrogen-bond donors (Lipinski definition) is 1. The predicted molar refractivity (Wildman–Crippen MR) is 75.7 cm³/mol. The molecule has 2 rings (SSSR count). The van der Waals surface area contributed by atoms with Crippen LogP contribution in [-0.2, 0) is 9.53 Å². The van der Waals surface area contributed by atoms with Gasteiger partial charge in [0, 0.05) is 5.69 Å². The summed E-state index contributed by atoms with van der Waals surface area (Å²) in [6.07, 6.45) is 3.22. The fourth-order valence-electron chi connectivity index (χ4n) is 1.51. The maximum atomic E-state index is 11.7. The van der Waals surface area contributed by atoms with E-state index in [1.165, 1.54) is 4.80 Å². The second kappa shape index (κ2) is 5.83. The van der Waals surface area contributed by atoms with Crippen LogP contribution in [0.2, 0.25) is 0 Å². The zero-order valence-electron chi connectivity index (χ0n) is 11.8. The summed E-state index contributed by atoms with van der Waals surface area (Å²) in [6.45, 7) is 5.76. The van der Waals surface area contributed by atoms with E-state index < -0.39 is 0 Å². The number of nitrogens with zero attached hydrogens (tertiary/aromatic N) is 3. The molecule has 6 heteroatoms. The molecule has 0 spiro atoms. The molecule has 0 saturated carbocycles. The third-order valence-electron chi connectivity index (χ3n) is 2.44. The normalized spacial score (nSPS) is 11.3. The fourth-order valence-corrected chi connectivity index (χ4v) is 1.51. The van der Waals surface area contributed by atoms with Gasteiger partial charge in [-0.1, -0.05) is 0 Å². The van der Waals surface area contributed by atoms with Crippen LogP contribution in [0.3, 0.4) is 0 Å². The molecule has 1 amide bonds. The molecule has 20 heavy (non-hydrogen) atoms. The summed E-state index contributed by atoms with van der Waals surface area (Å²) in [5.41, 5.74) is 1.22. The quantitative estimate of drug-likeness (QED) is 0.926. The summed E-state index contributed by atoms with van der Waals surface area (Å²) in [5, 5.41) is 10.8. The lowest BCUT2D eigenvalue weighted by atomic mass is 10.2. The molecule has 6 nitrogen and oxygen atoms in total. The van der Waals surface area contributed by atoms with Gasteiger partial charge < -0.3 is 10.1 Å². The molecule has 106 valence electrons. The highest BCUT2D eigenvalue weighted by Crippen LogP contribution is 2.12. The molecule has 0 aliphatic heterocycles. The Morgan fingerprint density at radius 2 is 1.80 bits per heavy atom. The van der Waals surface area contributed by atoms with E-state index in [0.29, 0.717) is 5.69 Å². The van der Waals surface area contributed by atoms with Gasteiger partial charge in [0.05, 0.1) is 23.7 Å². The predicted octanol–water partition coefficient (Wildman–Crippen LogP) is 2.02. The highest BCUT2D eigenvalue weighted by Gasteiger charge is 2.12. The summed E-state index contributed by atoms with van der Waals surface area (Å²) in [7, 11) is 0. The molecule has 0 fully saturated rings. The van der Waals surface area contributed by atoms with Gasteiger partial charge in [-0.05, 0) is 45.0 Å². The summed E-state index contributed by atoms with van der Waals surface area (Å²) >= 11 is 0. The van der Waals surface area contributed by atoms with Gasteiger partial charge in [0.1, 0.15) is 6.61 Å². The van der Waals surface area contributed by atoms with Crippen molar-refractivity contribution >= 4 is 11.6 Å². The molecule has 2 aromatic rings. The first-order valence-corrected chi connectivity index (χ1v) is 6.35.